The molecule has 1 aliphatic rings. The second-order valence-electron chi connectivity index (χ2n) is 8.78. The molecular weight excluding hydrogens is 410 g/mol. The SMILES string of the molecule is Cc1ccc(NC(=O)c2ccc3ccc(N4CCN(Cc5cccnc5)CC4)n3c2)cc1C. The van der Waals surface area contributed by atoms with Gasteiger partial charge in [-0.25, -0.2) is 0 Å². The van der Waals surface area contributed by atoms with Gasteiger partial charge in [-0.3, -0.25) is 14.7 Å². The molecule has 33 heavy (non-hydrogen) atoms. The molecule has 6 nitrogen and oxygen atoms in total. The molecule has 1 aromatic carbocycles. The molecular formula is C27H29N5O. The van der Waals surface area contributed by atoms with Crippen LogP contribution in [0.25, 0.3) is 5.52 Å². The van der Waals surface area contributed by atoms with E-state index in [1.807, 2.05) is 55.0 Å². The normalized spacial score (nSPS) is 14.5. The maximum atomic E-state index is 12.9. The molecule has 0 saturated carbocycles. The lowest BCUT2D eigenvalue weighted by Crippen LogP contribution is -2.46. The zero-order valence-electron chi connectivity index (χ0n) is 19.2. The summed E-state index contributed by atoms with van der Waals surface area (Å²) in [5.41, 5.74) is 6.18. The second kappa shape index (κ2) is 9.08. The van der Waals surface area contributed by atoms with Crippen molar-refractivity contribution < 1.29 is 4.79 Å². The van der Waals surface area contributed by atoms with Gasteiger partial charge in [-0.1, -0.05) is 12.1 Å². The van der Waals surface area contributed by atoms with E-state index in [1.54, 1.807) is 0 Å². The van der Waals surface area contributed by atoms with Gasteiger partial charge in [-0.2, -0.15) is 0 Å². The van der Waals surface area contributed by atoms with Gasteiger partial charge in [0.1, 0.15) is 5.82 Å². The van der Waals surface area contributed by atoms with Gasteiger partial charge >= 0.3 is 0 Å². The summed E-state index contributed by atoms with van der Waals surface area (Å²) >= 11 is 0. The van der Waals surface area contributed by atoms with Crippen LogP contribution in [0, 0.1) is 13.8 Å². The third-order valence-corrected chi connectivity index (χ3v) is 6.48. The Morgan fingerprint density at radius 3 is 2.55 bits per heavy atom. The summed E-state index contributed by atoms with van der Waals surface area (Å²) in [5, 5.41) is 3.03. The van der Waals surface area contributed by atoms with Crippen molar-refractivity contribution in [3.05, 3.63) is 95.4 Å². The van der Waals surface area contributed by atoms with Crippen molar-refractivity contribution in [1.29, 1.82) is 0 Å². The number of hydrogen-bond donors (Lipinski definition) is 1. The Balaban J connectivity index is 1.29. The van der Waals surface area contributed by atoms with Gasteiger partial charge in [-0.15, -0.1) is 0 Å². The number of amides is 1. The summed E-state index contributed by atoms with van der Waals surface area (Å²) in [6.07, 6.45) is 5.70. The highest BCUT2D eigenvalue weighted by Crippen LogP contribution is 2.23. The van der Waals surface area contributed by atoms with Crippen molar-refractivity contribution in [1.82, 2.24) is 14.3 Å². The van der Waals surface area contributed by atoms with Crippen LogP contribution < -0.4 is 10.2 Å². The number of aryl methyl sites for hydroxylation is 2. The van der Waals surface area contributed by atoms with Crippen LogP contribution in [0.4, 0.5) is 11.5 Å². The lowest BCUT2D eigenvalue weighted by molar-refractivity contribution is 0.102. The van der Waals surface area contributed by atoms with E-state index in [0.717, 1.165) is 49.7 Å². The van der Waals surface area contributed by atoms with Gasteiger partial charge in [0.2, 0.25) is 0 Å². The number of aromatic nitrogens is 2. The molecule has 168 valence electrons. The lowest BCUT2D eigenvalue weighted by atomic mass is 10.1. The van der Waals surface area contributed by atoms with Crippen LogP contribution >= 0.6 is 0 Å². The Bertz CT molecular complexity index is 1270. The molecule has 6 heteroatoms. The van der Waals surface area contributed by atoms with Gasteiger partial charge in [0.15, 0.2) is 0 Å². The van der Waals surface area contributed by atoms with E-state index in [4.69, 9.17) is 0 Å². The highest BCUT2D eigenvalue weighted by Gasteiger charge is 2.20. The minimum absolute atomic E-state index is 0.0962. The first-order valence-electron chi connectivity index (χ1n) is 11.4. The monoisotopic (exact) mass is 439 g/mol. The number of carbonyl (C=O) groups is 1. The van der Waals surface area contributed by atoms with Crippen molar-refractivity contribution in [3.8, 4) is 0 Å². The summed E-state index contributed by atoms with van der Waals surface area (Å²) in [5.74, 6) is 1.04. The molecule has 0 atom stereocenters. The van der Waals surface area contributed by atoms with Gasteiger partial charge in [0.05, 0.1) is 5.56 Å². The zero-order valence-corrected chi connectivity index (χ0v) is 19.2. The van der Waals surface area contributed by atoms with Crippen LogP contribution in [-0.2, 0) is 6.54 Å². The van der Waals surface area contributed by atoms with Crippen LogP contribution in [0.5, 0.6) is 0 Å². The molecule has 5 rings (SSSR count). The average molecular weight is 440 g/mol. The molecule has 0 unspecified atom stereocenters. The molecule has 0 radical (unpaired) electrons. The molecule has 0 spiro atoms. The Morgan fingerprint density at radius 1 is 0.970 bits per heavy atom. The predicted octanol–water partition coefficient (Wildman–Crippen LogP) is 4.53. The number of piperazine rings is 1. The molecule has 0 bridgehead atoms. The summed E-state index contributed by atoms with van der Waals surface area (Å²) < 4.78 is 2.13. The summed E-state index contributed by atoms with van der Waals surface area (Å²) in [6.45, 7) is 8.95. The Labute approximate surface area is 194 Å². The van der Waals surface area contributed by atoms with Crippen molar-refractivity contribution in [2.45, 2.75) is 20.4 Å². The van der Waals surface area contributed by atoms with E-state index in [1.165, 1.54) is 16.7 Å². The van der Waals surface area contributed by atoms with E-state index >= 15 is 0 Å². The summed E-state index contributed by atoms with van der Waals surface area (Å²) in [7, 11) is 0. The molecule has 3 aromatic heterocycles. The van der Waals surface area contributed by atoms with Crippen molar-refractivity contribution in [2.75, 3.05) is 36.4 Å². The van der Waals surface area contributed by atoms with E-state index in [2.05, 4.69) is 56.5 Å². The minimum atomic E-state index is -0.0962. The van der Waals surface area contributed by atoms with Crippen LogP contribution in [0.3, 0.4) is 0 Å². The second-order valence-corrected chi connectivity index (χ2v) is 8.78. The first kappa shape index (κ1) is 21.2. The van der Waals surface area contributed by atoms with E-state index in [-0.39, 0.29) is 5.91 Å². The molecule has 4 aromatic rings. The molecule has 0 aliphatic carbocycles. The average Bonchev–Trinajstić information content (AvgIpc) is 3.26. The number of benzene rings is 1. The molecule has 1 saturated heterocycles. The predicted molar refractivity (Wildman–Crippen MR) is 133 cm³/mol. The molecule has 1 amide bonds. The molecule has 1 aliphatic heterocycles. The number of anilines is 2. The Hall–Kier alpha value is -3.64. The van der Waals surface area contributed by atoms with E-state index in [0.29, 0.717) is 5.56 Å². The van der Waals surface area contributed by atoms with Gasteiger partial charge in [0, 0.05) is 62.5 Å². The number of nitrogens with zero attached hydrogens (tertiary/aromatic N) is 4. The number of fused-ring (bicyclic) bond motifs is 1. The van der Waals surface area contributed by atoms with Crippen molar-refractivity contribution >= 4 is 22.9 Å². The third-order valence-electron chi connectivity index (χ3n) is 6.48. The van der Waals surface area contributed by atoms with Gasteiger partial charge in [-0.05, 0) is 73.0 Å². The van der Waals surface area contributed by atoms with Crippen molar-refractivity contribution in [2.24, 2.45) is 0 Å². The summed E-state index contributed by atoms with van der Waals surface area (Å²) in [4.78, 5) is 22.0. The highest BCUT2D eigenvalue weighted by molar-refractivity contribution is 6.04. The zero-order chi connectivity index (χ0) is 22.8. The maximum Gasteiger partial charge on any atom is 0.257 e. The van der Waals surface area contributed by atoms with Crippen molar-refractivity contribution in [3.63, 3.8) is 0 Å². The van der Waals surface area contributed by atoms with Gasteiger partial charge < -0.3 is 14.6 Å². The maximum absolute atomic E-state index is 12.9. The smallest absolute Gasteiger partial charge is 0.257 e. The summed E-state index contributed by atoms with van der Waals surface area (Å²) in [6, 6.07) is 18.3. The van der Waals surface area contributed by atoms with E-state index in [9.17, 15) is 4.79 Å². The number of nitrogens with one attached hydrogen (secondary N) is 1. The first-order valence-corrected chi connectivity index (χ1v) is 11.4. The lowest BCUT2D eigenvalue weighted by Gasteiger charge is -2.35. The molecule has 1 fully saturated rings. The third kappa shape index (κ3) is 4.61. The Morgan fingerprint density at radius 2 is 1.79 bits per heavy atom. The highest BCUT2D eigenvalue weighted by atomic mass is 16.1. The number of hydrogen-bond acceptors (Lipinski definition) is 4. The standard InChI is InChI=1S/C27H29N5O/c1-20-5-7-24(16-21(20)2)29-27(33)23-6-8-25-9-10-26(32(25)19-23)31-14-12-30(13-15-31)18-22-4-3-11-28-17-22/h3-11,16-17,19H,12-15,18H2,1-2H3,(H,29,33). The minimum Gasteiger partial charge on any atom is -0.355 e. The van der Waals surface area contributed by atoms with Crippen LogP contribution in [0.1, 0.15) is 27.0 Å². The fourth-order valence-electron chi connectivity index (χ4n) is 4.39. The number of pyridine rings is 2. The van der Waals surface area contributed by atoms with Crippen LogP contribution in [0.15, 0.2) is 73.2 Å². The van der Waals surface area contributed by atoms with Gasteiger partial charge in [0.25, 0.3) is 5.91 Å². The topological polar surface area (TPSA) is 52.9 Å². The number of rotatable bonds is 5. The number of carbonyl (C=O) groups excluding carboxylic acids is 1. The Kier molecular flexibility index (Phi) is 5.84. The quantitative estimate of drug-likeness (QED) is 0.497. The molecule has 4 heterocycles. The van der Waals surface area contributed by atoms with E-state index < -0.39 is 0 Å². The fourth-order valence-corrected chi connectivity index (χ4v) is 4.39. The fraction of sp³-hybridized carbons (Fsp3) is 0.259. The van der Waals surface area contributed by atoms with Crippen LogP contribution in [0.2, 0.25) is 0 Å². The largest absolute Gasteiger partial charge is 0.355 e. The van der Waals surface area contributed by atoms with Crippen LogP contribution in [-0.4, -0.2) is 46.4 Å². The molecule has 1 N–H and O–H groups in total. The first-order chi connectivity index (χ1) is 16.1.